The molecule has 4 nitrogen and oxygen atoms in total. The molecule has 0 amide bonds. The number of carbonyl (C=O) groups is 1. The zero-order valence-corrected chi connectivity index (χ0v) is 12.6. The van der Waals surface area contributed by atoms with Crippen molar-refractivity contribution in [2.75, 3.05) is 7.11 Å². The van der Waals surface area contributed by atoms with Gasteiger partial charge in [-0.05, 0) is 26.0 Å². The summed E-state index contributed by atoms with van der Waals surface area (Å²) in [7, 11) is 1.41. The van der Waals surface area contributed by atoms with E-state index < -0.39 is 5.54 Å². The van der Waals surface area contributed by atoms with Crippen LogP contribution in [0.15, 0.2) is 46.5 Å². The van der Waals surface area contributed by atoms with Gasteiger partial charge in [0.15, 0.2) is 0 Å². The Kier molecular flexibility index (Phi) is 3.32. The Labute approximate surface area is 124 Å². The normalized spacial score (nSPS) is 27.8. The lowest BCUT2D eigenvalue weighted by molar-refractivity contribution is -0.150. The predicted octanol–water partition coefficient (Wildman–Crippen LogP) is 2.87. The van der Waals surface area contributed by atoms with Crippen LogP contribution in [-0.2, 0) is 14.3 Å². The molecule has 1 heterocycles. The summed E-state index contributed by atoms with van der Waals surface area (Å²) in [5.74, 6) is 0.221. The van der Waals surface area contributed by atoms with Crippen LogP contribution in [0.1, 0.15) is 32.3 Å². The molecule has 0 saturated heterocycles. The molecule has 1 aliphatic heterocycles. The molecule has 2 aliphatic rings. The fourth-order valence-electron chi connectivity index (χ4n) is 3.02. The quantitative estimate of drug-likeness (QED) is 0.620. The molecule has 4 heteroatoms. The second-order valence-electron chi connectivity index (χ2n) is 5.75. The average molecular weight is 285 g/mol. The van der Waals surface area contributed by atoms with Gasteiger partial charge in [0.25, 0.3) is 0 Å². The van der Waals surface area contributed by atoms with Gasteiger partial charge >= 0.3 is 5.97 Å². The Hall–Kier alpha value is -2.10. The highest BCUT2D eigenvalue weighted by Gasteiger charge is 2.55. The van der Waals surface area contributed by atoms with Crippen molar-refractivity contribution in [3.05, 3.63) is 47.0 Å². The molecule has 0 unspecified atom stereocenters. The molecule has 1 aliphatic carbocycles. The van der Waals surface area contributed by atoms with Gasteiger partial charge < -0.3 is 9.47 Å². The van der Waals surface area contributed by atoms with Crippen molar-refractivity contribution in [2.24, 2.45) is 4.99 Å². The van der Waals surface area contributed by atoms with Crippen molar-refractivity contribution in [3.8, 4) is 0 Å². The highest BCUT2D eigenvalue weighted by molar-refractivity contribution is 5.99. The van der Waals surface area contributed by atoms with Crippen LogP contribution < -0.4 is 0 Å². The van der Waals surface area contributed by atoms with Gasteiger partial charge in [-0.2, -0.15) is 0 Å². The molecule has 0 spiro atoms. The predicted molar refractivity (Wildman–Crippen MR) is 80.2 cm³/mol. The van der Waals surface area contributed by atoms with Crippen LogP contribution in [0.2, 0.25) is 0 Å². The van der Waals surface area contributed by atoms with E-state index in [4.69, 9.17) is 9.47 Å². The van der Waals surface area contributed by atoms with Crippen LogP contribution in [0.25, 0.3) is 0 Å². The maximum absolute atomic E-state index is 12.4. The number of hydrogen-bond acceptors (Lipinski definition) is 4. The van der Waals surface area contributed by atoms with Gasteiger partial charge in [0.2, 0.25) is 11.4 Å². The monoisotopic (exact) mass is 285 g/mol. The molecule has 0 fully saturated rings. The number of carbonyl (C=O) groups excluding carboxylic acids is 1. The Bertz CT molecular complexity index is 633. The van der Waals surface area contributed by atoms with Crippen molar-refractivity contribution in [3.63, 3.8) is 0 Å². The van der Waals surface area contributed by atoms with Gasteiger partial charge in [-0.3, -0.25) is 0 Å². The highest BCUT2D eigenvalue weighted by atomic mass is 16.5. The molecule has 0 saturated carbocycles. The van der Waals surface area contributed by atoms with E-state index in [2.05, 4.69) is 11.9 Å². The molecule has 110 valence electrons. The Morgan fingerprint density at radius 1 is 1.29 bits per heavy atom. The topological polar surface area (TPSA) is 47.9 Å². The van der Waals surface area contributed by atoms with Crippen LogP contribution >= 0.6 is 0 Å². The third-order valence-corrected chi connectivity index (χ3v) is 4.40. The highest BCUT2D eigenvalue weighted by Crippen LogP contribution is 2.42. The van der Waals surface area contributed by atoms with Crippen LogP contribution in [0.5, 0.6) is 0 Å². The summed E-state index contributed by atoms with van der Waals surface area (Å²) in [5, 5.41) is 0. The smallest absolute Gasteiger partial charge is 0.338 e. The van der Waals surface area contributed by atoms with Gasteiger partial charge in [-0.25, -0.2) is 9.79 Å². The molecule has 0 N–H and O–H groups in total. The fraction of sp³-hybridized carbons (Fsp3) is 0.412. The van der Waals surface area contributed by atoms with E-state index in [0.29, 0.717) is 18.7 Å². The van der Waals surface area contributed by atoms with Crippen molar-refractivity contribution in [1.29, 1.82) is 0 Å². The number of benzene rings is 1. The molecule has 0 aromatic heterocycles. The zero-order valence-electron chi connectivity index (χ0n) is 12.6. The van der Waals surface area contributed by atoms with Gasteiger partial charge in [0.1, 0.15) is 6.10 Å². The molecule has 1 aromatic carbocycles. The molecular weight excluding hydrogens is 266 g/mol. The lowest BCUT2D eigenvalue weighted by Gasteiger charge is -2.34. The van der Waals surface area contributed by atoms with Gasteiger partial charge in [-0.15, -0.1) is 0 Å². The number of hydrogen-bond donors (Lipinski definition) is 0. The molecule has 0 radical (unpaired) electrons. The lowest BCUT2D eigenvalue weighted by Crippen LogP contribution is -2.49. The first kappa shape index (κ1) is 13.9. The van der Waals surface area contributed by atoms with Crippen LogP contribution in [0.3, 0.4) is 0 Å². The molecular formula is C17H19NO3. The minimum absolute atomic E-state index is 0.274. The first-order valence-corrected chi connectivity index (χ1v) is 7.12. The first-order valence-electron chi connectivity index (χ1n) is 7.12. The number of nitrogens with zero attached hydrogens (tertiary/aromatic N) is 1. The maximum atomic E-state index is 12.4. The van der Waals surface area contributed by atoms with Crippen molar-refractivity contribution >= 4 is 11.9 Å². The Morgan fingerprint density at radius 2 is 2.00 bits per heavy atom. The van der Waals surface area contributed by atoms with E-state index in [1.807, 2.05) is 37.3 Å². The number of esters is 1. The van der Waals surface area contributed by atoms with E-state index in [0.717, 1.165) is 5.56 Å². The molecule has 21 heavy (non-hydrogen) atoms. The van der Waals surface area contributed by atoms with Crippen LogP contribution in [0, 0.1) is 0 Å². The maximum Gasteiger partial charge on any atom is 0.338 e. The number of rotatable bonds is 2. The van der Waals surface area contributed by atoms with Crippen LogP contribution in [-0.4, -0.2) is 30.6 Å². The summed E-state index contributed by atoms with van der Waals surface area (Å²) >= 11 is 0. The average Bonchev–Trinajstić information content (AvgIpc) is 2.87. The Morgan fingerprint density at radius 3 is 2.67 bits per heavy atom. The summed E-state index contributed by atoms with van der Waals surface area (Å²) < 4.78 is 11.0. The van der Waals surface area contributed by atoms with E-state index >= 15 is 0 Å². The second kappa shape index (κ2) is 5.02. The summed E-state index contributed by atoms with van der Waals surface area (Å²) in [6.07, 6.45) is 0.997. The fourth-order valence-corrected chi connectivity index (χ4v) is 3.02. The minimum atomic E-state index is -0.927. The number of fused-ring (bicyclic) bond motifs is 1. The number of ether oxygens (including phenoxy) is 2. The minimum Gasteiger partial charge on any atom is -0.471 e. The number of aliphatic imine (C=N–C) groups is 1. The van der Waals surface area contributed by atoms with Crippen LogP contribution in [0.4, 0.5) is 0 Å². The summed E-state index contributed by atoms with van der Waals surface area (Å²) in [6, 6.07) is 9.69. The SMILES string of the molecule is COC(=O)[C@]12CC(C)=C(C)C[C@H]1OC(c1ccccc1)=N2. The third-order valence-electron chi connectivity index (χ3n) is 4.40. The van der Waals surface area contributed by atoms with Crippen molar-refractivity contribution in [1.82, 2.24) is 0 Å². The van der Waals surface area contributed by atoms with Crippen molar-refractivity contribution < 1.29 is 14.3 Å². The van der Waals surface area contributed by atoms with E-state index in [9.17, 15) is 4.79 Å². The lowest BCUT2D eigenvalue weighted by atomic mass is 9.77. The van der Waals surface area contributed by atoms with E-state index in [1.54, 1.807) is 0 Å². The van der Waals surface area contributed by atoms with Crippen molar-refractivity contribution in [2.45, 2.75) is 38.3 Å². The molecule has 2 atom stereocenters. The number of methoxy groups -OCH3 is 1. The van der Waals surface area contributed by atoms with E-state index in [-0.39, 0.29) is 12.1 Å². The largest absolute Gasteiger partial charge is 0.471 e. The standard InChI is InChI=1S/C17H19NO3/c1-11-9-14-17(10-12(11)2,16(19)20-3)18-15(21-14)13-7-5-4-6-8-13/h4-8,14H,9-10H2,1-3H3/t14-,17+/m1/s1. The molecule has 3 rings (SSSR count). The summed E-state index contributed by atoms with van der Waals surface area (Å²) in [6.45, 7) is 4.13. The molecule has 1 aromatic rings. The van der Waals surface area contributed by atoms with Gasteiger partial charge in [0.05, 0.1) is 7.11 Å². The van der Waals surface area contributed by atoms with E-state index in [1.165, 1.54) is 18.3 Å². The molecule has 0 bridgehead atoms. The zero-order chi connectivity index (χ0) is 15.0. The Balaban J connectivity index is 2.04. The third kappa shape index (κ3) is 2.15. The van der Waals surface area contributed by atoms with Gasteiger partial charge in [0, 0.05) is 18.4 Å². The summed E-state index contributed by atoms with van der Waals surface area (Å²) in [4.78, 5) is 17.0. The summed E-state index contributed by atoms with van der Waals surface area (Å²) in [5.41, 5.74) is 2.43. The van der Waals surface area contributed by atoms with Gasteiger partial charge in [-0.1, -0.05) is 29.3 Å². The second-order valence-corrected chi connectivity index (χ2v) is 5.75. The first-order chi connectivity index (χ1) is 10.1.